The molecule has 82 valence electrons. The number of phenolic OH excluding ortho intramolecular Hbond substituents is 1. The summed E-state index contributed by atoms with van der Waals surface area (Å²) in [4.78, 5) is 15.7. The number of halogens is 1. The average Bonchev–Trinajstić information content (AvgIpc) is 2.29. The number of nitrogens with zero attached hydrogens (tertiary/aromatic N) is 1. The molecule has 0 aliphatic heterocycles. The summed E-state index contributed by atoms with van der Waals surface area (Å²) in [5, 5.41) is 10.3. The van der Waals surface area contributed by atoms with Gasteiger partial charge >= 0.3 is 0 Å². The number of hydrogen-bond acceptors (Lipinski definition) is 3. The van der Waals surface area contributed by atoms with Crippen LogP contribution in [0.1, 0.15) is 23.7 Å². The van der Waals surface area contributed by atoms with E-state index >= 15 is 0 Å². The van der Waals surface area contributed by atoms with Gasteiger partial charge in [0.25, 0.3) is 0 Å². The molecule has 0 spiro atoms. The molecule has 1 aromatic carbocycles. The maximum atomic E-state index is 11.6. The smallest absolute Gasteiger partial charge is 0.165 e. The van der Waals surface area contributed by atoms with Crippen molar-refractivity contribution in [2.45, 2.75) is 13.3 Å². The van der Waals surface area contributed by atoms with E-state index in [4.69, 9.17) is 11.6 Å². The van der Waals surface area contributed by atoms with Crippen molar-refractivity contribution in [3.63, 3.8) is 0 Å². The molecule has 0 radical (unpaired) electrons. The van der Waals surface area contributed by atoms with Crippen LogP contribution in [0.4, 0.5) is 0 Å². The summed E-state index contributed by atoms with van der Waals surface area (Å²) in [5.41, 5.74) is 1.07. The number of fused-ring (bicyclic) bond motifs is 1. The normalized spacial score (nSPS) is 10.6. The Balaban J connectivity index is 2.72. The number of ketones is 1. The highest BCUT2D eigenvalue weighted by Gasteiger charge is 2.12. The zero-order valence-corrected chi connectivity index (χ0v) is 9.45. The molecule has 2 aromatic rings. The van der Waals surface area contributed by atoms with Crippen molar-refractivity contribution in [3.8, 4) is 5.75 Å². The molecule has 0 aliphatic rings. The molecule has 2 rings (SSSR count). The third-order valence-corrected chi connectivity index (χ3v) is 2.81. The Kier molecular flexibility index (Phi) is 2.79. The minimum Gasteiger partial charge on any atom is -0.508 e. The molecule has 0 aliphatic carbocycles. The fraction of sp³-hybridized carbons (Fsp3) is 0.167. The van der Waals surface area contributed by atoms with Crippen LogP contribution in [0.25, 0.3) is 10.9 Å². The van der Waals surface area contributed by atoms with E-state index in [0.717, 1.165) is 0 Å². The number of Topliss-reactive ketones (excluding diaryl/α,β-unsaturated/α-hetero) is 1. The largest absolute Gasteiger partial charge is 0.508 e. The Morgan fingerprint density at radius 3 is 2.94 bits per heavy atom. The number of hydrogen-bond donors (Lipinski definition) is 1. The zero-order chi connectivity index (χ0) is 11.7. The van der Waals surface area contributed by atoms with Crippen LogP contribution in [-0.2, 0) is 0 Å². The molecule has 4 heteroatoms. The number of carbonyl (C=O) groups is 1. The predicted octanol–water partition coefficient (Wildman–Crippen LogP) is 3.19. The number of benzene rings is 1. The second kappa shape index (κ2) is 4.10. The molecule has 0 unspecified atom stereocenters. The van der Waals surface area contributed by atoms with Gasteiger partial charge in [-0.05, 0) is 18.2 Å². The maximum Gasteiger partial charge on any atom is 0.165 e. The molecule has 0 atom stereocenters. The zero-order valence-electron chi connectivity index (χ0n) is 8.70. The van der Waals surface area contributed by atoms with Crippen LogP contribution >= 0.6 is 11.6 Å². The van der Waals surface area contributed by atoms with E-state index in [1.165, 1.54) is 18.3 Å². The summed E-state index contributed by atoms with van der Waals surface area (Å²) >= 11 is 6.12. The fourth-order valence-electron chi connectivity index (χ4n) is 1.53. The topological polar surface area (TPSA) is 50.2 Å². The van der Waals surface area contributed by atoms with Crippen molar-refractivity contribution in [1.82, 2.24) is 4.98 Å². The van der Waals surface area contributed by atoms with Crippen molar-refractivity contribution in [2.24, 2.45) is 0 Å². The van der Waals surface area contributed by atoms with Crippen LogP contribution in [0.2, 0.25) is 5.02 Å². The summed E-state index contributed by atoms with van der Waals surface area (Å²) < 4.78 is 0. The van der Waals surface area contributed by atoms with Gasteiger partial charge in [0.15, 0.2) is 5.78 Å². The standard InChI is InChI=1S/C12H10ClNO2/c1-2-11(16)9-6-14-10-4-3-7(15)5-8(10)12(9)13/h3-6,15H,2H2,1H3. The van der Waals surface area contributed by atoms with Crippen molar-refractivity contribution in [3.05, 3.63) is 35.0 Å². The predicted molar refractivity (Wildman–Crippen MR) is 63.0 cm³/mol. The summed E-state index contributed by atoms with van der Waals surface area (Å²) in [5.74, 6) is 0.0556. The molecule has 0 fully saturated rings. The lowest BCUT2D eigenvalue weighted by atomic mass is 10.1. The molecule has 0 saturated heterocycles. The summed E-state index contributed by atoms with van der Waals surface area (Å²) in [6.45, 7) is 1.77. The quantitative estimate of drug-likeness (QED) is 0.814. The number of pyridine rings is 1. The van der Waals surface area contributed by atoms with Gasteiger partial charge in [-0.25, -0.2) is 0 Å². The SMILES string of the molecule is CCC(=O)c1cnc2ccc(O)cc2c1Cl. The first-order valence-electron chi connectivity index (χ1n) is 4.94. The number of phenols is 1. The van der Waals surface area contributed by atoms with Gasteiger partial charge in [-0.15, -0.1) is 0 Å². The third-order valence-electron chi connectivity index (χ3n) is 2.41. The molecule has 0 saturated carbocycles. The van der Waals surface area contributed by atoms with Gasteiger partial charge in [-0.3, -0.25) is 9.78 Å². The van der Waals surface area contributed by atoms with Gasteiger partial charge in [-0.2, -0.15) is 0 Å². The summed E-state index contributed by atoms with van der Waals surface area (Å²) in [7, 11) is 0. The lowest BCUT2D eigenvalue weighted by Crippen LogP contribution is -1.99. The van der Waals surface area contributed by atoms with Gasteiger partial charge in [0.05, 0.1) is 16.1 Å². The first-order chi connectivity index (χ1) is 7.63. The van der Waals surface area contributed by atoms with Crippen LogP contribution < -0.4 is 0 Å². The minimum absolute atomic E-state index is 0.0530. The Morgan fingerprint density at radius 1 is 1.50 bits per heavy atom. The van der Waals surface area contributed by atoms with Crippen molar-refractivity contribution in [2.75, 3.05) is 0 Å². The number of carbonyl (C=O) groups excluding carboxylic acids is 1. The van der Waals surface area contributed by atoms with E-state index in [1.54, 1.807) is 13.0 Å². The number of aromatic hydroxyl groups is 1. The Labute approximate surface area is 97.7 Å². The third kappa shape index (κ3) is 1.74. The summed E-state index contributed by atoms with van der Waals surface area (Å²) in [6, 6.07) is 4.71. The highest BCUT2D eigenvalue weighted by Crippen LogP contribution is 2.28. The molecule has 0 amide bonds. The van der Waals surface area contributed by atoms with E-state index < -0.39 is 0 Å². The van der Waals surface area contributed by atoms with Crippen LogP contribution in [0.15, 0.2) is 24.4 Å². The Morgan fingerprint density at radius 2 is 2.25 bits per heavy atom. The molecule has 1 heterocycles. The molecular formula is C12H10ClNO2. The lowest BCUT2D eigenvalue weighted by Gasteiger charge is -2.05. The first kappa shape index (κ1) is 10.9. The van der Waals surface area contributed by atoms with Gasteiger partial charge in [0.2, 0.25) is 0 Å². The van der Waals surface area contributed by atoms with E-state index in [2.05, 4.69) is 4.98 Å². The molecule has 1 N–H and O–H groups in total. The van der Waals surface area contributed by atoms with E-state index in [-0.39, 0.29) is 11.5 Å². The van der Waals surface area contributed by atoms with E-state index in [0.29, 0.717) is 27.9 Å². The van der Waals surface area contributed by atoms with Gasteiger partial charge in [0.1, 0.15) is 5.75 Å². The molecule has 0 bridgehead atoms. The number of rotatable bonds is 2. The molecule has 16 heavy (non-hydrogen) atoms. The van der Waals surface area contributed by atoms with E-state index in [9.17, 15) is 9.90 Å². The molecular weight excluding hydrogens is 226 g/mol. The first-order valence-corrected chi connectivity index (χ1v) is 5.31. The number of aromatic nitrogens is 1. The molecule has 3 nitrogen and oxygen atoms in total. The maximum absolute atomic E-state index is 11.6. The Hall–Kier alpha value is -1.61. The van der Waals surface area contributed by atoms with Crippen molar-refractivity contribution >= 4 is 28.3 Å². The van der Waals surface area contributed by atoms with Crippen molar-refractivity contribution in [1.29, 1.82) is 0 Å². The van der Waals surface area contributed by atoms with Crippen LogP contribution in [0.5, 0.6) is 5.75 Å². The van der Waals surface area contributed by atoms with Gasteiger partial charge < -0.3 is 5.11 Å². The van der Waals surface area contributed by atoms with Crippen LogP contribution in [0.3, 0.4) is 0 Å². The second-order valence-corrected chi connectivity index (χ2v) is 3.84. The Bertz CT molecular complexity index is 566. The fourth-order valence-corrected chi connectivity index (χ4v) is 1.84. The second-order valence-electron chi connectivity index (χ2n) is 3.46. The highest BCUT2D eigenvalue weighted by atomic mass is 35.5. The van der Waals surface area contributed by atoms with Crippen LogP contribution in [0, 0.1) is 0 Å². The van der Waals surface area contributed by atoms with Crippen LogP contribution in [-0.4, -0.2) is 15.9 Å². The van der Waals surface area contributed by atoms with Gasteiger partial charge in [-0.1, -0.05) is 18.5 Å². The minimum atomic E-state index is -0.0530. The van der Waals surface area contributed by atoms with Gasteiger partial charge in [0, 0.05) is 18.0 Å². The monoisotopic (exact) mass is 235 g/mol. The van der Waals surface area contributed by atoms with Crippen molar-refractivity contribution < 1.29 is 9.90 Å². The summed E-state index contributed by atoms with van der Waals surface area (Å²) in [6.07, 6.45) is 1.86. The average molecular weight is 236 g/mol. The molecule has 1 aromatic heterocycles. The lowest BCUT2D eigenvalue weighted by molar-refractivity contribution is 0.0988. The van der Waals surface area contributed by atoms with E-state index in [1.807, 2.05) is 0 Å². The highest BCUT2D eigenvalue weighted by molar-refractivity contribution is 6.38.